The minimum atomic E-state index is -0.379. The lowest BCUT2D eigenvalue weighted by Gasteiger charge is -2.15. The van der Waals surface area contributed by atoms with Gasteiger partial charge in [0, 0.05) is 25.3 Å². The fourth-order valence-corrected chi connectivity index (χ4v) is 2.45. The van der Waals surface area contributed by atoms with Crippen LogP contribution in [0.1, 0.15) is 19.4 Å². The first-order valence-electron chi connectivity index (χ1n) is 8.81. The summed E-state index contributed by atoms with van der Waals surface area (Å²) in [6, 6.07) is 10.4. The van der Waals surface area contributed by atoms with Crippen LogP contribution in [0.15, 0.2) is 41.4 Å². The number of guanidine groups is 1. The normalized spacial score (nSPS) is 11.1. The summed E-state index contributed by atoms with van der Waals surface area (Å²) in [4.78, 5) is 4.19. The van der Waals surface area contributed by atoms with Gasteiger partial charge in [0.25, 0.3) is 0 Å². The molecule has 7 heteroatoms. The molecular weight excluding hydrogens is 349 g/mol. The van der Waals surface area contributed by atoms with Gasteiger partial charge in [0.1, 0.15) is 0 Å². The zero-order chi connectivity index (χ0) is 19.6. The van der Waals surface area contributed by atoms with E-state index in [1.54, 1.807) is 20.2 Å². The zero-order valence-corrected chi connectivity index (χ0v) is 16.1. The predicted octanol–water partition coefficient (Wildman–Crippen LogP) is 3.82. The van der Waals surface area contributed by atoms with Gasteiger partial charge in [-0.15, -0.1) is 0 Å². The van der Waals surface area contributed by atoms with Crippen molar-refractivity contribution in [2.45, 2.75) is 20.4 Å². The highest BCUT2D eigenvalue weighted by Gasteiger charge is 2.08. The van der Waals surface area contributed by atoms with Crippen molar-refractivity contribution in [3.05, 3.63) is 47.8 Å². The molecule has 2 rings (SSSR count). The molecule has 0 aliphatic carbocycles. The van der Waals surface area contributed by atoms with Gasteiger partial charge < -0.3 is 24.8 Å². The van der Waals surface area contributed by atoms with E-state index in [9.17, 15) is 4.39 Å². The highest BCUT2D eigenvalue weighted by Crippen LogP contribution is 2.30. The summed E-state index contributed by atoms with van der Waals surface area (Å²) in [5.41, 5.74) is 1.58. The topological polar surface area (TPSA) is 64.1 Å². The average molecular weight is 375 g/mol. The minimum Gasteiger partial charge on any atom is -0.493 e. The van der Waals surface area contributed by atoms with Crippen LogP contribution in [-0.4, -0.2) is 33.3 Å². The standard InChI is InChI=1S/C20H26FN3O3/c1-5-26-17-9-7-14(11-16(17)21)13-23-20(22-3)24-15-8-10-18(25-4)19(12-15)27-6-2/h7-12H,5-6,13H2,1-4H3,(H2,22,23,24). The zero-order valence-electron chi connectivity index (χ0n) is 16.1. The first kappa shape index (κ1) is 20.4. The number of hydrogen-bond acceptors (Lipinski definition) is 4. The third-order valence-electron chi connectivity index (χ3n) is 3.71. The molecule has 0 aromatic heterocycles. The van der Waals surface area contributed by atoms with E-state index in [1.165, 1.54) is 6.07 Å². The molecule has 0 aliphatic heterocycles. The molecule has 0 spiro atoms. The Labute approximate surface area is 159 Å². The third-order valence-corrected chi connectivity index (χ3v) is 3.71. The molecule has 0 unspecified atom stereocenters. The fourth-order valence-electron chi connectivity index (χ4n) is 2.45. The van der Waals surface area contributed by atoms with Crippen molar-refractivity contribution < 1.29 is 18.6 Å². The number of anilines is 1. The summed E-state index contributed by atoms with van der Waals surface area (Å²) in [7, 11) is 3.27. The van der Waals surface area contributed by atoms with Crippen molar-refractivity contribution in [1.82, 2.24) is 5.32 Å². The molecule has 0 saturated heterocycles. The summed E-state index contributed by atoms with van der Waals surface area (Å²) in [6.45, 7) is 5.11. The molecule has 0 radical (unpaired) electrons. The number of methoxy groups -OCH3 is 1. The molecule has 0 amide bonds. The Bertz CT molecular complexity index is 781. The van der Waals surface area contributed by atoms with Gasteiger partial charge in [-0.1, -0.05) is 6.07 Å². The quantitative estimate of drug-likeness (QED) is 0.542. The lowest BCUT2D eigenvalue weighted by molar-refractivity contribution is 0.311. The smallest absolute Gasteiger partial charge is 0.195 e. The van der Waals surface area contributed by atoms with Crippen molar-refractivity contribution in [3.63, 3.8) is 0 Å². The lowest BCUT2D eigenvalue weighted by Crippen LogP contribution is -2.30. The highest BCUT2D eigenvalue weighted by atomic mass is 19.1. The molecule has 0 atom stereocenters. The average Bonchev–Trinajstić information content (AvgIpc) is 2.67. The second-order valence-corrected chi connectivity index (χ2v) is 5.55. The fraction of sp³-hybridized carbons (Fsp3) is 0.350. The second-order valence-electron chi connectivity index (χ2n) is 5.55. The Morgan fingerprint density at radius 2 is 1.70 bits per heavy atom. The molecule has 146 valence electrons. The summed E-state index contributed by atoms with van der Waals surface area (Å²) in [6.07, 6.45) is 0. The van der Waals surface area contributed by atoms with Gasteiger partial charge >= 0.3 is 0 Å². The van der Waals surface area contributed by atoms with Crippen molar-refractivity contribution >= 4 is 11.6 Å². The van der Waals surface area contributed by atoms with E-state index in [0.29, 0.717) is 37.2 Å². The molecule has 0 saturated carbocycles. The van der Waals surface area contributed by atoms with E-state index in [-0.39, 0.29) is 11.6 Å². The Hall–Kier alpha value is -2.96. The lowest BCUT2D eigenvalue weighted by atomic mass is 10.2. The van der Waals surface area contributed by atoms with Gasteiger partial charge in [-0.2, -0.15) is 0 Å². The number of nitrogens with zero attached hydrogens (tertiary/aromatic N) is 1. The molecule has 2 N–H and O–H groups in total. The molecule has 27 heavy (non-hydrogen) atoms. The Balaban J connectivity index is 2.02. The summed E-state index contributed by atoms with van der Waals surface area (Å²) in [5, 5.41) is 6.33. The van der Waals surface area contributed by atoms with E-state index < -0.39 is 0 Å². The van der Waals surface area contributed by atoms with Gasteiger partial charge in [0.2, 0.25) is 0 Å². The van der Waals surface area contributed by atoms with E-state index in [1.807, 2.05) is 38.1 Å². The monoisotopic (exact) mass is 375 g/mol. The van der Waals surface area contributed by atoms with Crippen LogP contribution in [-0.2, 0) is 6.54 Å². The van der Waals surface area contributed by atoms with Crippen LogP contribution < -0.4 is 24.8 Å². The van der Waals surface area contributed by atoms with Crippen LogP contribution in [0.4, 0.5) is 10.1 Å². The Morgan fingerprint density at radius 1 is 1.00 bits per heavy atom. The highest BCUT2D eigenvalue weighted by molar-refractivity contribution is 5.93. The van der Waals surface area contributed by atoms with Crippen molar-refractivity contribution in [2.75, 3.05) is 32.7 Å². The number of benzene rings is 2. The molecule has 0 bridgehead atoms. The number of ether oxygens (including phenoxy) is 3. The maximum atomic E-state index is 14.0. The third kappa shape index (κ3) is 5.77. The van der Waals surface area contributed by atoms with Crippen LogP contribution in [0.3, 0.4) is 0 Å². The predicted molar refractivity (Wildman–Crippen MR) is 106 cm³/mol. The number of rotatable bonds is 8. The van der Waals surface area contributed by atoms with E-state index in [0.717, 1.165) is 11.3 Å². The molecule has 2 aromatic carbocycles. The van der Waals surface area contributed by atoms with Crippen molar-refractivity contribution in [1.29, 1.82) is 0 Å². The summed E-state index contributed by atoms with van der Waals surface area (Å²) in [5.74, 6) is 1.74. The number of halogens is 1. The van der Waals surface area contributed by atoms with Crippen LogP contribution in [0, 0.1) is 5.82 Å². The van der Waals surface area contributed by atoms with Crippen LogP contribution in [0.2, 0.25) is 0 Å². The molecule has 0 fully saturated rings. The molecular formula is C20H26FN3O3. The molecule has 0 heterocycles. The van der Waals surface area contributed by atoms with Gasteiger partial charge in [-0.3, -0.25) is 4.99 Å². The van der Waals surface area contributed by atoms with Gasteiger partial charge in [0.15, 0.2) is 29.0 Å². The maximum absolute atomic E-state index is 14.0. The SMILES string of the molecule is CCOc1ccc(CNC(=NC)Nc2ccc(OC)c(OCC)c2)cc1F. The summed E-state index contributed by atoms with van der Waals surface area (Å²) >= 11 is 0. The largest absolute Gasteiger partial charge is 0.493 e. The minimum absolute atomic E-state index is 0.255. The Morgan fingerprint density at radius 3 is 2.33 bits per heavy atom. The van der Waals surface area contributed by atoms with Gasteiger partial charge in [0.05, 0.1) is 20.3 Å². The maximum Gasteiger partial charge on any atom is 0.195 e. The molecule has 2 aromatic rings. The second kappa shape index (κ2) is 10.3. The van der Waals surface area contributed by atoms with E-state index in [2.05, 4.69) is 15.6 Å². The van der Waals surface area contributed by atoms with Gasteiger partial charge in [-0.05, 0) is 43.7 Å². The van der Waals surface area contributed by atoms with Gasteiger partial charge in [-0.25, -0.2) is 4.39 Å². The van der Waals surface area contributed by atoms with E-state index in [4.69, 9.17) is 14.2 Å². The van der Waals surface area contributed by atoms with Crippen LogP contribution >= 0.6 is 0 Å². The Kier molecular flexibility index (Phi) is 7.73. The number of aliphatic imine (C=N–C) groups is 1. The first-order valence-corrected chi connectivity index (χ1v) is 8.81. The van der Waals surface area contributed by atoms with E-state index >= 15 is 0 Å². The van der Waals surface area contributed by atoms with Crippen LogP contribution in [0.5, 0.6) is 17.2 Å². The van der Waals surface area contributed by atoms with Crippen molar-refractivity contribution in [2.24, 2.45) is 4.99 Å². The molecule has 0 aliphatic rings. The van der Waals surface area contributed by atoms with Crippen LogP contribution in [0.25, 0.3) is 0 Å². The summed E-state index contributed by atoms with van der Waals surface area (Å²) < 4.78 is 30.0. The number of hydrogen-bond donors (Lipinski definition) is 2. The van der Waals surface area contributed by atoms with Crippen molar-refractivity contribution in [3.8, 4) is 17.2 Å². The first-order chi connectivity index (χ1) is 13.1. The number of nitrogens with one attached hydrogen (secondary N) is 2. The molecule has 6 nitrogen and oxygen atoms in total.